The van der Waals surface area contributed by atoms with Crippen LogP contribution in [0.25, 0.3) is 0 Å². The molecule has 2 aromatic rings. The van der Waals surface area contributed by atoms with E-state index < -0.39 is 12.1 Å². The van der Waals surface area contributed by atoms with Gasteiger partial charge >= 0.3 is 5.97 Å². The lowest BCUT2D eigenvalue weighted by molar-refractivity contribution is -0.150. The first kappa shape index (κ1) is 21.1. The van der Waals surface area contributed by atoms with E-state index in [0.29, 0.717) is 13.2 Å². The van der Waals surface area contributed by atoms with Gasteiger partial charge in [0.1, 0.15) is 0 Å². The first-order chi connectivity index (χ1) is 13.1. The summed E-state index contributed by atoms with van der Waals surface area (Å²) in [6, 6.07) is 20.3. The third kappa shape index (κ3) is 8.79. The monoisotopic (exact) mass is 372 g/mol. The molecule has 0 fully saturated rings. The molecule has 3 N–H and O–H groups in total. The van der Waals surface area contributed by atoms with E-state index in [0.717, 1.165) is 13.1 Å². The third-order valence-corrected chi connectivity index (χ3v) is 4.02. The lowest BCUT2D eigenvalue weighted by atomic mass is 10.2. The number of benzene rings is 2. The van der Waals surface area contributed by atoms with Gasteiger partial charge in [-0.25, -0.2) is 4.79 Å². The molecule has 2 aromatic carbocycles. The highest BCUT2D eigenvalue weighted by Crippen LogP contribution is 2.01. The average molecular weight is 372 g/mol. The minimum atomic E-state index is -0.970. The zero-order valence-electron chi connectivity index (χ0n) is 15.6. The molecule has 0 aliphatic heterocycles. The van der Waals surface area contributed by atoms with Crippen LogP contribution in [-0.4, -0.2) is 43.2 Å². The number of nitrogens with one attached hydrogen (secondary N) is 2. The summed E-state index contributed by atoms with van der Waals surface area (Å²) in [5.41, 5.74) is 2.39. The predicted octanol–water partition coefficient (Wildman–Crippen LogP) is 2.40. The van der Waals surface area contributed by atoms with Crippen LogP contribution in [0.3, 0.4) is 0 Å². The van der Waals surface area contributed by atoms with Crippen molar-refractivity contribution >= 4 is 5.97 Å². The number of rotatable bonds is 13. The summed E-state index contributed by atoms with van der Waals surface area (Å²) >= 11 is 0. The summed E-state index contributed by atoms with van der Waals surface area (Å²) in [6.45, 7) is 4.00. The molecule has 1 atom stereocenters. The molecule has 0 aromatic heterocycles. The molecule has 146 valence electrons. The van der Waals surface area contributed by atoms with E-state index in [1.807, 2.05) is 36.4 Å². The summed E-state index contributed by atoms with van der Waals surface area (Å²) < 4.78 is 10.8. The summed E-state index contributed by atoms with van der Waals surface area (Å²) in [6.07, 6.45) is -0.862. The highest BCUT2D eigenvalue weighted by Gasteiger charge is 2.11. The van der Waals surface area contributed by atoms with E-state index in [1.54, 1.807) is 0 Å². The summed E-state index contributed by atoms with van der Waals surface area (Å²) in [7, 11) is 0. The topological polar surface area (TPSA) is 79.8 Å². The molecule has 0 saturated carbocycles. The molecule has 6 heteroatoms. The SMILES string of the molecule is CC(OCCOCC(NCc1ccccc1)NCc1ccccc1)C(=O)O. The standard InChI is InChI=1S/C21H28N2O4/c1-17(21(24)25)27-13-12-26-16-20(22-14-18-8-4-2-5-9-18)23-15-19-10-6-3-7-11-19/h2-11,17,20,22-23H,12-16H2,1H3,(H,24,25). The van der Waals surface area contributed by atoms with Gasteiger partial charge in [0.05, 0.1) is 26.0 Å². The number of ether oxygens (including phenoxy) is 2. The Labute approximate surface area is 160 Å². The highest BCUT2D eigenvalue weighted by atomic mass is 16.5. The predicted molar refractivity (Wildman–Crippen MR) is 104 cm³/mol. The van der Waals surface area contributed by atoms with Crippen LogP contribution in [0.5, 0.6) is 0 Å². The maximum atomic E-state index is 10.7. The Morgan fingerprint density at radius 1 is 0.926 bits per heavy atom. The normalized spacial score (nSPS) is 12.2. The lowest BCUT2D eigenvalue weighted by Gasteiger charge is -2.21. The van der Waals surface area contributed by atoms with Crippen LogP contribution in [-0.2, 0) is 27.4 Å². The second kappa shape index (κ2) is 12.2. The molecular formula is C21H28N2O4. The van der Waals surface area contributed by atoms with Gasteiger partial charge in [0.15, 0.2) is 6.10 Å². The second-order valence-electron chi connectivity index (χ2n) is 6.21. The van der Waals surface area contributed by atoms with Gasteiger partial charge in [-0.3, -0.25) is 10.6 Å². The average Bonchev–Trinajstić information content (AvgIpc) is 2.70. The van der Waals surface area contributed by atoms with Crippen molar-refractivity contribution in [3.8, 4) is 0 Å². The fourth-order valence-corrected chi connectivity index (χ4v) is 2.42. The second-order valence-corrected chi connectivity index (χ2v) is 6.21. The fraction of sp³-hybridized carbons (Fsp3) is 0.381. The molecule has 0 bridgehead atoms. The van der Waals surface area contributed by atoms with E-state index >= 15 is 0 Å². The highest BCUT2D eigenvalue weighted by molar-refractivity contribution is 5.71. The zero-order valence-corrected chi connectivity index (χ0v) is 15.6. The molecule has 0 aliphatic rings. The van der Waals surface area contributed by atoms with Gasteiger partial charge in [-0.05, 0) is 18.1 Å². The molecule has 0 spiro atoms. The van der Waals surface area contributed by atoms with Crippen LogP contribution in [0.15, 0.2) is 60.7 Å². The Bertz CT molecular complexity index is 608. The Kier molecular flexibility index (Phi) is 9.51. The molecule has 6 nitrogen and oxygen atoms in total. The van der Waals surface area contributed by atoms with E-state index in [1.165, 1.54) is 18.1 Å². The first-order valence-electron chi connectivity index (χ1n) is 9.12. The van der Waals surface area contributed by atoms with Gasteiger partial charge in [0.2, 0.25) is 0 Å². The number of hydrogen-bond donors (Lipinski definition) is 3. The minimum Gasteiger partial charge on any atom is -0.479 e. The van der Waals surface area contributed by atoms with Crippen LogP contribution in [0.1, 0.15) is 18.1 Å². The molecule has 0 amide bonds. The van der Waals surface area contributed by atoms with Crippen LogP contribution in [0.4, 0.5) is 0 Å². The van der Waals surface area contributed by atoms with Gasteiger partial charge in [-0.1, -0.05) is 60.7 Å². The van der Waals surface area contributed by atoms with E-state index in [9.17, 15) is 4.79 Å². The van der Waals surface area contributed by atoms with Crippen LogP contribution in [0.2, 0.25) is 0 Å². The summed E-state index contributed by atoms with van der Waals surface area (Å²) in [4.78, 5) is 10.7. The molecule has 2 rings (SSSR count). The van der Waals surface area contributed by atoms with Crippen molar-refractivity contribution in [2.75, 3.05) is 19.8 Å². The molecule has 27 heavy (non-hydrogen) atoms. The van der Waals surface area contributed by atoms with Crippen molar-refractivity contribution in [2.45, 2.75) is 32.3 Å². The van der Waals surface area contributed by atoms with E-state index in [-0.39, 0.29) is 12.8 Å². The van der Waals surface area contributed by atoms with Gasteiger partial charge < -0.3 is 14.6 Å². The van der Waals surface area contributed by atoms with Crippen LogP contribution >= 0.6 is 0 Å². The van der Waals surface area contributed by atoms with Crippen LogP contribution < -0.4 is 10.6 Å². The molecule has 0 aliphatic carbocycles. The Hall–Kier alpha value is -2.25. The largest absolute Gasteiger partial charge is 0.479 e. The Morgan fingerprint density at radius 3 is 1.93 bits per heavy atom. The van der Waals surface area contributed by atoms with Crippen molar-refractivity contribution in [1.29, 1.82) is 0 Å². The molecule has 0 radical (unpaired) electrons. The molecule has 0 heterocycles. The smallest absolute Gasteiger partial charge is 0.332 e. The maximum Gasteiger partial charge on any atom is 0.332 e. The lowest BCUT2D eigenvalue weighted by Crippen LogP contribution is -2.45. The molecular weight excluding hydrogens is 344 g/mol. The number of hydrogen-bond acceptors (Lipinski definition) is 5. The quantitative estimate of drug-likeness (QED) is 0.370. The van der Waals surface area contributed by atoms with Gasteiger partial charge in [0.25, 0.3) is 0 Å². The summed E-state index contributed by atoms with van der Waals surface area (Å²) in [5.74, 6) is -0.970. The number of carbonyl (C=O) groups is 1. The van der Waals surface area contributed by atoms with Gasteiger partial charge in [-0.15, -0.1) is 0 Å². The Balaban J connectivity index is 1.76. The Morgan fingerprint density at radius 2 is 1.44 bits per heavy atom. The van der Waals surface area contributed by atoms with Gasteiger partial charge in [0, 0.05) is 13.1 Å². The first-order valence-corrected chi connectivity index (χ1v) is 9.12. The van der Waals surface area contributed by atoms with Gasteiger partial charge in [-0.2, -0.15) is 0 Å². The van der Waals surface area contributed by atoms with Crippen LogP contribution in [0, 0.1) is 0 Å². The number of carboxylic acids is 1. The van der Waals surface area contributed by atoms with E-state index in [2.05, 4.69) is 34.9 Å². The number of carboxylic acid groups (broad SMARTS) is 1. The molecule has 0 saturated heterocycles. The third-order valence-electron chi connectivity index (χ3n) is 4.02. The van der Waals surface area contributed by atoms with Crippen molar-refractivity contribution in [2.24, 2.45) is 0 Å². The minimum absolute atomic E-state index is 0.0395. The van der Waals surface area contributed by atoms with E-state index in [4.69, 9.17) is 14.6 Å². The molecule has 1 unspecified atom stereocenters. The van der Waals surface area contributed by atoms with Crippen molar-refractivity contribution < 1.29 is 19.4 Å². The number of aliphatic carboxylic acids is 1. The fourth-order valence-electron chi connectivity index (χ4n) is 2.42. The zero-order chi connectivity index (χ0) is 19.3. The van der Waals surface area contributed by atoms with Crippen molar-refractivity contribution in [3.63, 3.8) is 0 Å². The maximum absolute atomic E-state index is 10.7. The summed E-state index contributed by atoms with van der Waals surface area (Å²) in [5, 5.41) is 15.7. The van der Waals surface area contributed by atoms with Crippen molar-refractivity contribution in [1.82, 2.24) is 10.6 Å². The van der Waals surface area contributed by atoms with Crippen molar-refractivity contribution in [3.05, 3.63) is 71.8 Å².